The third-order valence-electron chi connectivity index (χ3n) is 2.32. The van der Waals surface area contributed by atoms with Crippen LogP contribution in [0.2, 0.25) is 0 Å². The first-order valence-corrected chi connectivity index (χ1v) is 7.45. The first kappa shape index (κ1) is 17.0. The zero-order chi connectivity index (χ0) is 14.2. The molecule has 0 saturated heterocycles. The minimum Gasteiger partial charge on any atom is -0.480 e. The van der Waals surface area contributed by atoms with E-state index in [0.717, 1.165) is 6.42 Å². The van der Waals surface area contributed by atoms with Crippen LogP contribution in [-0.2, 0) is 14.8 Å². The summed E-state index contributed by atoms with van der Waals surface area (Å²) in [4.78, 5) is 10.4. The summed E-state index contributed by atoms with van der Waals surface area (Å²) >= 11 is 0. The zero-order valence-corrected chi connectivity index (χ0v) is 11.3. The summed E-state index contributed by atoms with van der Waals surface area (Å²) in [5.41, 5.74) is 5.72. The zero-order valence-electron chi connectivity index (χ0n) is 10.5. The van der Waals surface area contributed by atoms with Gasteiger partial charge in [0.25, 0.3) is 0 Å². The Morgan fingerprint density at radius 2 is 2.06 bits per heavy atom. The number of sulfonamides is 1. The second kappa shape index (κ2) is 8.17. The summed E-state index contributed by atoms with van der Waals surface area (Å²) in [6, 6.07) is -1.17. The average molecular weight is 279 g/mol. The highest BCUT2D eigenvalue weighted by atomic mass is 32.2. The molecule has 7 nitrogen and oxygen atoms in total. The van der Waals surface area contributed by atoms with Gasteiger partial charge >= 0.3 is 5.97 Å². The van der Waals surface area contributed by atoms with E-state index in [9.17, 15) is 13.2 Å². The molecule has 5 N–H and O–H groups in total. The monoisotopic (exact) mass is 279 g/mol. The molecule has 0 aliphatic heterocycles. The third-order valence-corrected chi connectivity index (χ3v) is 3.73. The Hall–Kier alpha value is -0.990. The van der Waals surface area contributed by atoms with Gasteiger partial charge in [0.2, 0.25) is 10.0 Å². The SMILES string of the molecule is CCCC(=N)CCNS(=O)(=O)CC[C@H](N)C(=O)O. The van der Waals surface area contributed by atoms with Gasteiger partial charge in [0.15, 0.2) is 0 Å². The van der Waals surface area contributed by atoms with Gasteiger partial charge in [-0.2, -0.15) is 0 Å². The Kier molecular flexibility index (Phi) is 7.72. The number of rotatable bonds is 10. The van der Waals surface area contributed by atoms with Crippen molar-refractivity contribution in [3.05, 3.63) is 0 Å². The van der Waals surface area contributed by atoms with Crippen molar-refractivity contribution < 1.29 is 18.3 Å². The van der Waals surface area contributed by atoms with Crippen LogP contribution in [0.5, 0.6) is 0 Å². The molecule has 0 aromatic heterocycles. The van der Waals surface area contributed by atoms with E-state index in [1.807, 2.05) is 6.92 Å². The number of carboxylic acids is 1. The van der Waals surface area contributed by atoms with E-state index in [1.54, 1.807) is 0 Å². The molecule has 0 rings (SSSR count). The summed E-state index contributed by atoms with van der Waals surface area (Å²) in [7, 11) is -3.51. The summed E-state index contributed by atoms with van der Waals surface area (Å²) in [6.45, 7) is 2.12. The molecular formula is C10H21N3O4S. The number of hydrogen-bond donors (Lipinski definition) is 4. The van der Waals surface area contributed by atoms with Crippen molar-refractivity contribution in [1.82, 2.24) is 4.72 Å². The minimum absolute atomic E-state index is 0.128. The Morgan fingerprint density at radius 1 is 1.44 bits per heavy atom. The van der Waals surface area contributed by atoms with E-state index in [4.69, 9.17) is 16.2 Å². The summed E-state index contributed by atoms with van der Waals surface area (Å²) in [5.74, 6) is -1.53. The fourth-order valence-electron chi connectivity index (χ4n) is 1.26. The highest BCUT2D eigenvalue weighted by Crippen LogP contribution is 1.97. The maximum Gasteiger partial charge on any atom is 0.320 e. The molecule has 0 radical (unpaired) electrons. The van der Waals surface area contributed by atoms with Crippen LogP contribution in [0.4, 0.5) is 0 Å². The predicted octanol–water partition coefficient (Wildman–Crippen LogP) is -0.0822. The third kappa shape index (κ3) is 8.15. The van der Waals surface area contributed by atoms with Gasteiger partial charge < -0.3 is 16.2 Å². The highest BCUT2D eigenvalue weighted by molar-refractivity contribution is 7.89. The minimum atomic E-state index is -3.51. The van der Waals surface area contributed by atoms with E-state index >= 15 is 0 Å². The second-order valence-corrected chi connectivity index (χ2v) is 5.98. The molecule has 18 heavy (non-hydrogen) atoms. The number of aliphatic carboxylic acids is 1. The van der Waals surface area contributed by atoms with Crippen LogP contribution >= 0.6 is 0 Å². The van der Waals surface area contributed by atoms with Gasteiger partial charge in [-0.15, -0.1) is 0 Å². The normalized spacial score (nSPS) is 13.2. The van der Waals surface area contributed by atoms with E-state index in [1.165, 1.54) is 0 Å². The molecule has 0 spiro atoms. The molecule has 8 heteroatoms. The molecule has 0 fully saturated rings. The van der Waals surface area contributed by atoms with Crippen LogP contribution in [0, 0.1) is 5.41 Å². The topological polar surface area (TPSA) is 133 Å². The van der Waals surface area contributed by atoms with Gasteiger partial charge in [-0.05, 0) is 19.3 Å². The van der Waals surface area contributed by atoms with Crippen LogP contribution in [0.1, 0.15) is 32.6 Å². The average Bonchev–Trinajstić information content (AvgIpc) is 2.26. The number of nitrogens with two attached hydrogens (primary N) is 1. The molecule has 1 atom stereocenters. The molecule has 0 unspecified atom stereocenters. The Morgan fingerprint density at radius 3 is 2.56 bits per heavy atom. The van der Waals surface area contributed by atoms with Crippen molar-refractivity contribution >= 4 is 21.7 Å². The molecule has 0 amide bonds. The van der Waals surface area contributed by atoms with E-state index in [-0.39, 0.29) is 18.7 Å². The largest absolute Gasteiger partial charge is 0.480 e. The Balaban J connectivity index is 3.95. The lowest BCUT2D eigenvalue weighted by Crippen LogP contribution is -2.35. The van der Waals surface area contributed by atoms with Gasteiger partial charge in [0.1, 0.15) is 6.04 Å². The molecule has 106 valence electrons. The molecular weight excluding hydrogens is 258 g/mol. The fraction of sp³-hybridized carbons (Fsp3) is 0.800. The molecule has 0 bridgehead atoms. The van der Waals surface area contributed by atoms with Crippen LogP contribution in [0.3, 0.4) is 0 Å². The van der Waals surface area contributed by atoms with Crippen LogP contribution in [0.15, 0.2) is 0 Å². The Labute approximate surface area is 107 Å². The fourth-order valence-corrected chi connectivity index (χ4v) is 2.38. The second-order valence-electron chi connectivity index (χ2n) is 4.05. The molecule has 0 aliphatic rings. The van der Waals surface area contributed by atoms with Crippen LogP contribution in [0.25, 0.3) is 0 Å². The summed E-state index contributed by atoms with van der Waals surface area (Å²) in [5, 5.41) is 16.0. The maximum atomic E-state index is 11.5. The number of carbonyl (C=O) groups is 1. The van der Waals surface area contributed by atoms with Gasteiger partial charge in [-0.1, -0.05) is 13.3 Å². The first-order chi connectivity index (χ1) is 8.28. The molecule has 0 aliphatic carbocycles. The highest BCUT2D eigenvalue weighted by Gasteiger charge is 2.17. The molecule has 0 saturated carbocycles. The standard InChI is InChI=1S/C10H21N3O4S/c1-2-3-8(11)4-6-13-18(16,17)7-5-9(12)10(14)15/h9,11,13H,2-7,12H2,1H3,(H,14,15)/t9-/m0/s1. The molecule has 0 aromatic carbocycles. The number of carboxylic acid groups (broad SMARTS) is 1. The van der Waals surface area contributed by atoms with Gasteiger partial charge in [-0.3, -0.25) is 4.79 Å². The summed E-state index contributed by atoms with van der Waals surface area (Å²) in [6.07, 6.45) is 1.76. The quantitative estimate of drug-likeness (QED) is 0.415. The smallest absolute Gasteiger partial charge is 0.320 e. The summed E-state index contributed by atoms with van der Waals surface area (Å²) < 4.78 is 25.3. The van der Waals surface area contributed by atoms with E-state index < -0.39 is 22.0 Å². The van der Waals surface area contributed by atoms with Crippen LogP contribution < -0.4 is 10.5 Å². The lowest BCUT2D eigenvalue weighted by Gasteiger charge is -2.09. The molecule has 0 aromatic rings. The van der Waals surface area contributed by atoms with Crippen molar-refractivity contribution in [3.63, 3.8) is 0 Å². The van der Waals surface area contributed by atoms with E-state index in [2.05, 4.69) is 4.72 Å². The van der Waals surface area contributed by atoms with Crippen molar-refractivity contribution in [3.8, 4) is 0 Å². The van der Waals surface area contributed by atoms with Gasteiger partial charge in [0.05, 0.1) is 5.75 Å². The maximum absolute atomic E-state index is 11.5. The Bertz CT molecular complexity index is 381. The van der Waals surface area contributed by atoms with Crippen molar-refractivity contribution in [2.45, 2.75) is 38.6 Å². The van der Waals surface area contributed by atoms with Crippen LogP contribution in [-0.4, -0.2) is 43.5 Å². The van der Waals surface area contributed by atoms with E-state index in [0.29, 0.717) is 18.6 Å². The van der Waals surface area contributed by atoms with Crippen molar-refractivity contribution in [2.75, 3.05) is 12.3 Å². The lowest BCUT2D eigenvalue weighted by molar-refractivity contribution is -0.138. The molecule has 0 heterocycles. The van der Waals surface area contributed by atoms with Crippen molar-refractivity contribution in [2.24, 2.45) is 5.73 Å². The lowest BCUT2D eigenvalue weighted by atomic mass is 10.2. The van der Waals surface area contributed by atoms with Gasteiger partial charge in [0, 0.05) is 12.3 Å². The van der Waals surface area contributed by atoms with Gasteiger partial charge in [-0.25, -0.2) is 13.1 Å². The first-order valence-electron chi connectivity index (χ1n) is 5.80. The number of nitrogens with one attached hydrogen (secondary N) is 2. The predicted molar refractivity (Wildman–Crippen MR) is 69.3 cm³/mol. The number of hydrogen-bond acceptors (Lipinski definition) is 5. The van der Waals surface area contributed by atoms with Crippen molar-refractivity contribution in [1.29, 1.82) is 5.41 Å².